The number of hydrogen-bond acceptors (Lipinski definition) is 7. The summed E-state index contributed by atoms with van der Waals surface area (Å²) in [7, 11) is -4.16. The number of carbonyl (C=O) groups excluding carboxylic acids is 4. The van der Waals surface area contributed by atoms with Crippen LogP contribution in [0.5, 0.6) is 0 Å². The summed E-state index contributed by atoms with van der Waals surface area (Å²) < 4.78 is 46.5. The van der Waals surface area contributed by atoms with E-state index >= 15 is 0 Å². The molecule has 0 atom stereocenters. The summed E-state index contributed by atoms with van der Waals surface area (Å²) in [5, 5.41) is 2.43. The van der Waals surface area contributed by atoms with Crippen LogP contribution in [0.2, 0.25) is 5.02 Å². The number of halogens is 2. The Balaban J connectivity index is 1.28. The van der Waals surface area contributed by atoms with Crippen molar-refractivity contribution in [2.24, 2.45) is 0 Å². The molecule has 1 saturated heterocycles. The fraction of sp³-hybridized carbons (Fsp3) is 0.214. The van der Waals surface area contributed by atoms with Crippen molar-refractivity contribution in [1.29, 1.82) is 0 Å². The fourth-order valence-electron chi connectivity index (χ4n) is 4.69. The van der Waals surface area contributed by atoms with E-state index in [1.54, 1.807) is 18.2 Å². The number of carbonyl (C=O) groups is 4. The van der Waals surface area contributed by atoms with Crippen LogP contribution in [0.4, 0.5) is 10.1 Å². The number of ether oxygens (including phenoxy) is 1. The second-order valence-corrected chi connectivity index (χ2v) is 11.6. The molecule has 5 rings (SSSR count). The lowest BCUT2D eigenvalue weighted by atomic mass is 9.84. The van der Waals surface area contributed by atoms with E-state index in [1.807, 2.05) is 0 Å². The zero-order valence-electron chi connectivity index (χ0n) is 20.9. The molecule has 0 radical (unpaired) electrons. The highest BCUT2D eigenvalue weighted by Crippen LogP contribution is 2.33. The number of nitrogens with zero attached hydrogens (tertiary/aromatic N) is 1. The maximum atomic E-state index is 14.5. The van der Waals surface area contributed by atoms with E-state index in [2.05, 4.69) is 5.32 Å². The molecule has 1 aliphatic carbocycles. The number of anilines is 1. The Morgan fingerprint density at radius 2 is 1.52 bits per heavy atom. The zero-order valence-corrected chi connectivity index (χ0v) is 22.5. The minimum Gasteiger partial charge on any atom is -0.452 e. The molecule has 206 valence electrons. The van der Waals surface area contributed by atoms with Crippen molar-refractivity contribution < 1.29 is 36.7 Å². The molecule has 0 bridgehead atoms. The van der Waals surface area contributed by atoms with Crippen LogP contribution < -0.4 is 5.32 Å². The van der Waals surface area contributed by atoms with Gasteiger partial charge in [0.2, 0.25) is 10.0 Å². The Labute approximate surface area is 233 Å². The second-order valence-electron chi connectivity index (χ2n) is 9.32. The molecular weight excluding hydrogens is 563 g/mol. The molecule has 0 aromatic heterocycles. The topological polar surface area (TPSA) is 127 Å². The first-order chi connectivity index (χ1) is 19.1. The third-order valence-corrected chi connectivity index (χ3v) is 8.95. The van der Waals surface area contributed by atoms with Gasteiger partial charge in [-0.15, -0.1) is 0 Å². The predicted octanol–water partition coefficient (Wildman–Crippen LogP) is 4.22. The summed E-state index contributed by atoms with van der Waals surface area (Å²) in [6, 6.07) is 11.7. The van der Waals surface area contributed by atoms with E-state index in [0.29, 0.717) is 12.8 Å². The summed E-state index contributed by atoms with van der Waals surface area (Å²) in [6.07, 6.45) is 2.19. The van der Waals surface area contributed by atoms with Gasteiger partial charge in [-0.1, -0.05) is 42.3 Å². The van der Waals surface area contributed by atoms with Crippen molar-refractivity contribution >= 4 is 50.8 Å². The monoisotopic (exact) mass is 584 g/mol. The maximum absolute atomic E-state index is 14.5. The molecule has 9 nitrogen and oxygen atoms in total. The van der Waals surface area contributed by atoms with Crippen molar-refractivity contribution in [1.82, 2.24) is 4.31 Å². The van der Waals surface area contributed by atoms with E-state index in [1.165, 1.54) is 22.5 Å². The highest BCUT2D eigenvalue weighted by atomic mass is 35.5. The van der Waals surface area contributed by atoms with Crippen LogP contribution in [0, 0.1) is 5.82 Å². The summed E-state index contributed by atoms with van der Waals surface area (Å²) in [4.78, 5) is 50.3. The van der Waals surface area contributed by atoms with Crippen LogP contribution in [0.1, 0.15) is 61.5 Å². The van der Waals surface area contributed by atoms with Gasteiger partial charge >= 0.3 is 5.97 Å². The molecular formula is C28H22ClFN2O7S. The molecule has 40 heavy (non-hydrogen) atoms. The Kier molecular flexibility index (Phi) is 7.54. The third kappa shape index (κ3) is 5.15. The van der Waals surface area contributed by atoms with Crippen LogP contribution in [0.3, 0.4) is 0 Å². The van der Waals surface area contributed by atoms with Gasteiger partial charge in [-0.2, -0.15) is 4.31 Å². The average Bonchev–Trinajstić information content (AvgIpc) is 2.96. The van der Waals surface area contributed by atoms with Crippen LogP contribution >= 0.6 is 11.6 Å². The van der Waals surface area contributed by atoms with E-state index in [9.17, 15) is 32.0 Å². The number of ketones is 2. The van der Waals surface area contributed by atoms with Gasteiger partial charge in [0.05, 0.1) is 16.3 Å². The number of piperidine rings is 1. The van der Waals surface area contributed by atoms with Crippen LogP contribution in [0.25, 0.3) is 0 Å². The van der Waals surface area contributed by atoms with Crippen molar-refractivity contribution in [2.45, 2.75) is 24.2 Å². The number of sulfonamides is 1. The van der Waals surface area contributed by atoms with Crippen LogP contribution in [-0.2, 0) is 19.6 Å². The highest BCUT2D eigenvalue weighted by Gasteiger charge is 2.31. The van der Waals surface area contributed by atoms with Gasteiger partial charge in [0, 0.05) is 35.3 Å². The molecule has 1 N–H and O–H groups in total. The highest BCUT2D eigenvalue weighted by molar-refractivity contribution is 7.89. The normalized spacial score (nSPS) is 15.2. The molecule has 0 spiro atoms. The third-order valence-electron chi connectivity index (χ3n) is 6.72. The smallest absolute Gasteiger partial charge is 0.338 e. The van der Waals surface area contributed by atoms with Crippen molar-refractivity contribution in [3.8, 4) is 0 Å². The number of nitrogens with one attached hydrogen (secondary N) is 1. The van der Waals surface area contributed by atoms with Crippen molar-refractivity contribution in [2.75, 3.05) is 25.0 Å². The minimum absolute atomic E-state index is 0.00921. The summed E-state index contributed by atoms with van der Waals surface area (Å²) in [5.74, 6) is -3.64. The van der Waals surface area contributed by atoms with Crippen LogP contribution in [-0.4, -0.2) is 55.9 Å². The van der Waals surface area contributed by atoms with E-state index < -0.39 is 45.0 Å². The molecule has 12 heteroatoms. The van der Waals surface area contributed by atoms with E-state index in [0.717, 1.165) is 24.6 Å². The molecule has 1 amide bonds. The molecule has 1 heterocycles. The average molecular weight is 585 g/mol. The minimum atomic E-state index is -4.16. The van der Waals surface area contributed by atoms with Gasteiger partial charge in [-0.3, -0.25) is 14.4 Å². The van der Waals surface area contributed by atoms with Gasteiger partial charge < -0.3 is 10.1 Å². The second kappa shape index (κ2) is 10.9. The van der Waals surface area contributed by atoms with Gasteiger partial charge in [0.15, 0.2) is 18.2 Å². The van der Waals surface area contributed by atoms with Gasteiger partial charge in [0.25, 0.3) is 5.91 Å². The molecule has 1 aliphatic heterocycles. The molecule has 3 aromatic carbocycles. The van der Waals surface area contributed by atoms with Gasteiger partial charge in [-0.25, -0.2) is 17.6 Å². The first kappa shape index (κ1) is 27.6. The van der Waals surface area contributed by atoms with E-state index in [4.69, 9.17) is 16.3 Å². The summed E-state index contributed by atoms with van der Waals surface area (Å²) in [6.45, 7) is -0.268. The number of rotatable bonds is 6. The fourth-order valence-corrected chi connectivity index (χ4v) is 6.51. The van der Waals surface area contributed by atoms with Crippen molar-refractivity contribution in [3.63, 3.8) is 0 Å². The number of esters is 1. The first-order valence-electron chi connectivity index (χ1n) is 12.4. The van der Waals surface area contributed by atoms with E-state index in [-0.39, 0.29) is 57.4 Å². The SMILES string of the molecule is O=C(COC(=O)c1ccc(F)c(S(=O)(=O)N2CCCCC2)c1)Nc1cc2c(cc1Cl)C(=O)c1ccccc1C2=O. The summed E-state index contributed by atoms with van der Waals surface area (Å²) in [5.41, 5.74) is 0.430. The molecule has 2 aliphatic rings. The Morgan fingerprint density at radius 3 is 2.17 bits per heavy atom. The molecule has 1 fully saturated rings. The lowest BCUT2D eigenvalue weighted by molar-refractivity contribution is -0.119. The Bertz CT molecular complexity index is 1680. The predicted molar refractivity (Wildman–Crippen MR) is 143 cm³/mol. The zero-order chi connectivity index (χ0) is 28.6. The number of hydrogen-bond donors (Lipinski definition) is 1. The molecule has 0 saturated carbocycles. The van der Waals surface area contributed by atoms with Crippen LogP contribution in [0.15, 0.2) is 59.5 Å². The quantitative estimate of drug-likeness (QED) is 0.336. The lowest BCUT2D eigenvalue weighted by Crippen LogP contribution is -2.36. The van der Waals surface area contributed by atoms with Crippen molar-refractivity contribution in [3.05, 3.63) is 93.3 Å². The number of fused-ring (bicyclic) bond motifs is 2. The van der Waals surface area contributed by atoms with Gasteiger partial charge in [0.1, 0.15) is 10.7 Å². The van der Waals surface area contributed by atoms with Gasteiger partial charge in [-0.05, 0) is 43.2 Å². The first-order valence-corrected chi connectivity index (χ1v) is 14.2. The molecule has 0 unspecified atom stereocenters. The lowest BCUT2D eigenvalue weighted by Gasteiger charge is -2.26. The largest absolute Gasteiger partial charge is 0.452 e. The Morgan fingerprint density at radius 1 is 0.900 bits per heavy atom. The maximum Gasteiger partial charge on any atom is 0.338 e. The Hall–Kier alpha value is -3.93. The molecule has 3 aromatic rings. The standard InChI is InChI=1S/C28H22ClFN2O7S/c29-21-13-19-20(27(35)18-7-3-2-6-17(18)26(19)34)14-23(21)31-25(33)15-39-28(36)16-8-9-22(30)24(12-16)40(37,38)32-10-4-1-5-11-32/h2-3,6-9,12-14H,1,4-5,10-11,15H2,(H,31,33). The number of benzene rings is 3. The summed E-state index contributed by atoms with van der Waals surface area (Å²) >= 11 is 6.26. The number of amides is 1.